The Hall–Kier alpha value is -2.78. The Morgan fingerprint density at radius 2 is 1.70 bits per heavy atom. The van der Waals surface area contributed by atoms with Gasteiger partial charge in [-0.05, 0) is 66.2 Å². The van der Waals surface area contributed by atoms with Crippen LogP contribution in [0.2, 0.25) is 10.0 Å². The molecule has 0 aromatic heterocycles. The second-order valence-corrected chi connectivity index (χ2v) is 8.02. The third-order valence-corrected chi connectivity index (χ3v) is 5.06. The molecule has 0 radical (unpaired) electrons. The van der Waals surface area contributed by atoms with Crippen LogP contribution < -0.4 is 10.1 Å². The number of nitrogens with one attached hydrogen (secondary N) is 1. The summed E-state index contributed by atoms with van der Waals surface area (Å²) in [7, 11) is 0. The average Bonchev–Trinajstić information content (AvgIpc) is 2.74. The number of halogens is 3. The summed E-state index contributed by atoms with van der Waals surface area (Å²) in [5, 5.41) is 13.3. The summed E-state index contributed by atoms with van der Waals surface area (Å²) in [5.74, 6) is -0.0259. The molecular weight excluding hydrogens is 487 g/mol. The molecule has 3 aromatic rings. The molecule has 1 amide bonds. The van der Waals surface area contributed by atoms with Crippen molar-refractivity contribution in [2.24, 2.45) is 0 Å². The Kier molecular flexibility index (Phi) is 7.53. The molecule has 3 rings (SSSR count). The molecule has 0 bridgehead atoms. The molecular formula is C23H15BrCl2N2O2. The van der Waals surface area contributed by atoms with Crippen molar-refractivity contribution in [3.8, 4) is 11.8 Å². The molecule has 0 saturated carbocycles. The standard InChI is InChI=1S/C23H15BrCl2N2O2/c24-18-3-8-21(9-4-18)28-23(29)17(13-27)11-16-12-20(26)7-10-22(16)30-14-15-1-5-19(25)6-2-15/h1-12H,14H2,(H,28,29)/b17-11+. The number of carbonyl (C=O) groups is 1. The van der Waals surface area contributed by atoms with Gasteiger partial charge in [0.15, 0.2) is 0 Å². The van der Waals surface area contributed by atoms with Crippen molar-refractivity contribution in [2.75, 3.05) is 5.32 Å². The SMILES string of the molecule is N#C/C(=C\c1cc(Cl)ccc1OCc1ccc(Cl)cc1)C(=O)Nc1ccc(Br)cc1. The van der Waals surface area contributed by atoms with Gasteiger partial charge >= 0.3 is 0 Å². The summed E-state index contributed by atoms with van der Waals surface area (Å²) < 4.78 is 6.77. The number of hydrogen-bond acceptors (Lipinski definition) is 3. The first-order valence-corrected chi connectivity index (χ1v) is 10.3. The number of anilines is 1. The van der Waals surface area contributed by atoms with Gasteiger partial charge in [-0.1, -0.05) is 51.3 Å². The van der Waals surface area contributed by atoms with Gasteiger partial charge in [0.2, 0.25) is 0 Å². The Balaban J connectivity index is 1.81. The van der Waals surface area contributed by atoms with Gasteiger partial charge in [0, 0.05) is 25.8 Å². The highest BCUT2D eigenvalue weighted by Gasteiger charge is 2.12. The lowest BCUT2D eigenvalue weighted by Crippen LogP contribution is -2.13. The lowest BCUT2D eigenvalue weighted by atomic mass is 10.1. The van der Waals surface area contributed by atoms with E-state index in [0.717, 1.165) is 10.0 Å². The van der Waals surface area contributed by atoms with E-state index < -0.39 is 5.91 Å². The van der Waals surface area contributed by atoms with E-state index in [0.29, 0.717) is 33.7 Å². The van der Waals surface area contributed by atoms with Gasteiger partial charge in [-0.15, -0.1) is 0 Å². The molecule has 0 spiro atoms. The van der Waals surface area contributed by atoms with Gasteiger partial charge in [-0.2, -0.15) is 5.26 Å². The number of amides is 1. The minimum absolute atomic E-state index is 0.0727. The van der Waals surface area contributed by atoms with Crippen molar-refractivity contribution in [2.45, 2.75) is 6.61 Å². The van der Waals surface area contributed by atoms with Crippen LogP contribution in [0, 0.1) is 11.3 Å². The summed E-state index contributed by atoms with van der Waals surface area (Å²) >= 11 is 15.4. The molecule has 0 aliphatic heterocycles. The van der Waals surface area contributed by atoms with E-state index in [9.17, 15) is 10.1 Å². The van der Waals surface area contributed by atoms with Crippen molar-refractivity contribution in [3.05, 3.63) is 97.9 Å². The van der Waals surface area contributed by atoms with Crippen LogP contribution in [0.1, 0.15) is 11.1 Å². The Bertz CT molecular complexity index is 1120. The van der Waals surface area contributed by atoms with E-state index in [2.05, 4.69) is 21.2 Å². The van der Waals surface area contributed by atoms with Crippen molar-refractivity contribution in [1.29, 1.82) is 5.26 Å². The van der Waals surface area contributed by atoms with Crippen LogP contribution >= 0.6 is 39.1 Å². The highest BCUT2D eigenvalue weighted by Crippen LogP contribution is 2.27. The summed E-state index contributed by atoms with van der Waals surface area (Å²) in [5.41, 5.74) is 1.96. The van der Waals surface area contributed by atoms with Crippen LogP contribution in [0.3, 0.4) is 0 Å². The van der Waals surface area contributed by atoms with Gasteiger partial charge in [0.1, 0.15) is 24.0 Å². The molecule has 1 N–H and O–H groups in total. The third kappa shape index (κ3) is 6.11. The maximum absolute atomic E-state index is 12.5. The van der Waals surface area contributed by atoms with Crippen molar-refractivity contribution < 1.29 is 9.53 Å². The first kappa shape index (κ1) is 21.9. The van der Waals surface area contributed by atoms with Crippen LogP contribution in [0.4, 0.5) is 5.69 Å². The highest BCUT2D eigenvalue weighted by molar-refractivity contribution is 9.10. The van der Waals surface area contributed by atoms with Crippen LogP contribution in [-0.2, 0) is 11.4 Å². The number of benzene rings is 3. The second-order valence-electron chi connectivity index (χ2n) is 6.23. The smallest absolute Gasteiger partial charge is 0.266 e. The molecule has 4 nitrogen and oxygen atoms in total. The van der Waals surface area contributed by atoms with Crippen LogP contribution in [0.25, 0.3) is 6.08 Å². The fraction of sp³-hybridized carbons (Fsp3) is 0.0435. The summed E-state index contributed by atoms with van der Waals surface area (Å²) in [4.78, 5) is 12.5. The van der Waals surface area contributed by atoms with Crippen molar-refractivity contribution in [1.82, 2.24) is 0 Å². The van der Waals surface area contributed by atoms with Gasteiger partial charge in [-0.25, -0.2) is 0 Å². The first-order chi connectivity index (χ1) is 14.4. The number of nitriles is 1. The van der Waals surface area contributed by atoms with E-state index >= 15 is 0 Å². The van der Waals surface area contributed by atoms with Gasteiger partial charge in [0.05, 0.1) is 0 Å². The van der Waals surface area contributed by atoms with Crippen molar-refractivity contribution in [3.63, 3.8) is 0 Å². The second kappa shape index (κ2) is 10.3. The number of hydrogen-bond donors (Lipinski definition) is 1. The van der Waals surface area contributed by atoms with E-state index in [4.69, 9.17) is 27.9 Å². The number of carbonyl (C=O) groups excluding carboxylic acids is 1. The molecule has 7 heteroatoms. The molecule has 0 atom stereocenters. The summed E-state index contributed by atoms with van der Waals surface area (Å²) in [6.07, 6.45) is 1.46. The predicted octanol–water partition coefficient (Wildman–Crippen LogP) is 6.88. The minimum Gasteiger partial charge on any atom is -0.488 e. The average molecular weight is 502 g/mol. The molecule has 0 aliphatic carbocycles. The number of ether oxygens (including phenoxy) is 1. The molecule has 150 valence electrons. The van der Waals surface area contributed by atoms with Crippen LogP contribution in [0.5, 0.6) is 5.75 Å². The fourth-order valence-corrected chi connectivity index (χ4v) is 3.11. The van der Waals surface area contributed by atoms with E-state index in [-0.39, 0.29) is 5.57 Å². The van der Waals surface area contributed by atoms with Gasteiger partial charge in [-0.3, -0.25) is 4.79 Å². The third-order valence-electron chi connectivity index (χ3n) is 4.05. The normalized spacial score (nSPS) is 10.9. The Morgan fingerprint density at radius 3 is 2.37 bits per heavy atom. The number of rotatable bonds is 6. The van der Waals surface area contributed by atoms with Crippen LogP contribution in [-0.4, -0.2) is 5.91 Å². The lowest BCUT2D eigenvalue weighted by molar-refractivity contribution is -0.112. The zero-order chi connectivity index (χ0) is 21.5. The Morgan fingerprint density at radius 1 is 1.03 bits per heavy atom. The monoisotopic (exact) mass is 500 g/mol. The molecule has 0 saturated heterocycles. The van der Waals surface area contributed by atoms with E-state index in [1.807, 2.05) is 18.2 Å². The van der Waals surface area contributed by atoms with E-state index in [1.54, 1.807) is 54.6 Å². The first-order valence-electron chi connectivity index (χ1n) is 8.80. The van der Waals surface area contributed by atoms with Gasteiger partial charge < -0.3 is 10.1 Å². The largest absolute Gasteiger partial charge is 0.488 e. The zero-order valence-corrected chi connectivity index (χ0v) is 18.6. The lowest BCUT2D eigenvalue weighted by Gasteiger charge is -2.11. The van der Waals surface area contributed by atoms with Crippen molar-refractivity contribution >= 4 is 56.8 Å². The van der Waals surface area contributed by atoms with Gasteiger partial charge in [0.25, 0.3) is 5.91 Å². The minimum atomic E-state index is -0.525. The quantitative estimate of drug-likeness (QED) is 0.295. The summed E-state index contributed by atoms with van der Waals surface area (Å²) in [6.45, 7) is 0.298. The topological polar surface area (TPSA) is 62.1 Å². The highest BCUT2D eigenvalue weighted by atomic mass is 79.9. The maximum Gasteiger partial charge on any atom is 0.266 e. The summed E-state index contributed by atoms with van der Waals surface area (Å²) in [6, 6.07) is 21.3. The Labute approximate surface area is 192 Å². The predicted molar refractivity (Wildman–Crippen MR) is 124 cm³/mol. The van der Waals surface area contributed by atoms with E-state index in [1.165, 1.54) is 6.08 Å². The zero-order valence-electron chi connectivity index (χ0n) is 15.5. The maximum atomic E-state index is 12.5. The molecule has 0 heterocycles. The molecule has 0 unspecified atom stereocenters. The van der Waals surface area contributed by atoms with Crippen LogP contribution in [0.15, 0.2) is 76.8 Å². The molecule has 3 aromatic carbocycles. The molecule has 0 fully saturated rings. The molecule has 0 aliphatic rings. The molecule has 30 heavy (non-hydrogen) atoms. The fourth-order valence-electron chi connectivity index (χ4n) is 2.54. The number of nitrogens with zero attached hydrogens (tertiary/aromatic N) is 1.